The van der Waals surface area contributed by atoms with Crippen LogP contribution in [0.1, 0.15) is 17.3 Å². The zero-order valence-electron chi connectivity index (χ0n) is 13.9. The van der Waals surface area contributed by atoms with Crippen LogP contribution >= 0.6 is 0 Å². The number of para-hydroxylation sites is 2. The second kappa shape index (κ2) is 6.69. The Hall–Kier alpha value is -3.27. The van der Waals surface area contributed by atoms with Gasteiger partial charge in [0, 0.05) is 16.9 Å². The molecule has 1 unspecified atom stereocenters. The number of methoxy groups -OCH3 is 1. The predicted octanol–water partition coefficient (Wildman–Crippen LogP) is 4.68. The number of aliphatic imine (C=N–C) groups is 1. The lowest BCUT2D eigenvalue weighted by Gasteiger charge is -2.26. The van der Waals surface area contributed by atoms with E-state index in [1.807, 2.05) is 66.7 Å². The summed E-state index contributed by atoms with van der Waals surface area (Å²) in [6.45, 7) is 0. The summed E-state index contributed by atoms with van der Waals surface area (Å²) in [6.07, 6.45) is -0.146. The van der Waals surface area contributed by atoms with Crippen molar-refractivity contribution in [2.45, 2.75) is 6.17 Å². The molecule has 1 heterocycles. The number of nitrogens with zero attached hydrogens (tertiary/aromatic N) is 1. The molecule has 0 bridgehead atoms. The van der Waals surface area contributed by atoms with Gasteiger partial charge in [-0.1, -0.05) is 42.5 Å². The number of amidine groups is 1. The first kappa shape index (κ1) is 15.3. The minimum atomic E-state index is -0.146. The minimum Gasteiger partial charge on any atom is -0.497 e. The molecular formula is C21H19N3O. The zero-order chi connectivity index (χ0) is 17.1. The average Bonchev–Trinajstić information content (AvgIpc) is 2.69. The SMILES string of the molecule is COc1ccc(C2N=C(Nc3ccccc3)c3ccccc3N2)cc1. The number of fused-ring (bicyclic) bond motifs is 1. The molecule has 25 heavy (non-hydrogen) atoms. The number of hydrogen-bond donors (Lipinski definition) is 2. The van der Waals surface area contributed by atoms with Crippen LogP contribution in [0.2, 0.25) is 0 Å². The number of rotatable bonds is 3. The van der Waals surface area contributed by atoms with Crippen molar-refractivity contribution in [2.75, 3.05) is 17.7 Å². The third kappa shape index (κ3) is 3.19. The van der Waals surface area contributed by atoms with E-state index in [4.69, 9.17) is 9.73 Å². The fraction of sp³-hybridized carbons (Fsp3) is 0.0952. The maximum atomic E-state index is 5.24. The Kier molecular flexibility index (Phi) is 4.09. The molecule has 0 spiro atoms. The summed E-state index contributed by atoms with van der Waals surface area (Å²) < 4.78 is 5.24. The van der Waals surface area contributed by atoms with Gasteiger partial charge in [-0.25, -0.2) is 4.99 Å². The van der Waals surface area contributed by atoms with Gasteiger partial charge in [0.25, 0.3) is 0 Å². The quantitative estimate of drug-likeness (QED) is 0.733. The van der Waals surface area contributed by atoms with E-state index in [-0.39, 0.29) is 6.17 Å². The predicted molar refractivity (Wildman–Crippen MR) is 102 cm³/mol. The highest BCUT2D eigenvalue weighted by Gasteiger charge is 2.21. The number of hydrogen-bond acceptors (Lipinski definition) is 4. The standard InChI is InChI=1S/C21H19N3O/c1-25-17-13-11-15(12-14-17)20-23-19-10-6-5-9-18(19)21(24-20)22-16-7-3-2-4-8-16/h2-14,20,23H,1H3,(H,22,24). The van der Waals surface area contributed by atoms with Crippen molar-refractivity contribution in [3.63, 3.8) is 0 Å². The summed E-state index contributed by atoms with van der Waals surface area (Å²) in [6, 6.07) is 26.3. The Morgan fingerprint density at radius 3 is 2.36 bits per heavy atom. The fourth-order valence-electron chi connectivity index (χ4n) is 2.90. The molecule has 124 valence electrons. The molecule has 0 aliphatic carbocycles. The maximum absolute atomic E-state index is 5.24. The molecule has 1 aliphatic heterocycles. The zero-order valence-corrected chi connectivity index (χ0v) is 13.9. The van der Waals surface area contributed by atoms with Crippen molar-refractivity contribution in [2.24, 2.45) is 4.99 Å². The van der Waals surface area contributed by atoms with E-state index in [9.17, 15) is 0 Å². The summed E-state index contributed by atoms with van der Waals surface area (Å²) in [4.78, 5) is 4.90. The molecule has 4 nitrogen and oxygen atoms in total. The van der Waals surface area contributed by atoms with Crippen LogP contribution in [0.25, 0.3) is 0 Å². The van der Waals surface area contributed by atoms with Gasteiger partial charge < -0.3 is 15.4 Å². The third-order valence-corrected chi connectivity index (χ3v) is 4.20. The first-order valence-electron chi connectivity index (χ1n) is 8.23. The Balaban J connectivity index is 1.70. The van der Waals surface area contributed by atoms with E-state index in [2.05, 4.69) is 22.8 Å². The molecule has 3 aromatic rings. The number of nitrogens with one attached hydrogen (secondary N) is 2. The first-order valence-corrected chi connectivity index (χ1v) is 8.23. The van der Waals surface area contributed by atoms with E-state index in [0.717, 1.165) is 34.1 Å². The van der Waals surface area contributed by atoms with Crippen LogP contribution in [0.4, 0.5) is 11.4 Å². The minimum absolute atomic E-state index is 0.146. The normalized spacial score (nSPS) is 15.6. The van der Waals surface area contributed by atoms with Crippen LogP contribution < -0.4 is 15.4 Å². The highest BCUT2D eigenvalue weighted by Crippen LogP contribution is 2.30. The smallest absolute Gasteiger partial charge is 0.147 e. The second-order valence-corrected chi connectivity index (χ2v) is 5.83. The summed E-state index contributed by atoms with van der Waals surface area (Å²) in [5.74, 6) is 1.70. The molecular weight excluding hydrogens is 310 g/mol. The summed E-state index contributed by atoms with van der Waals surface area (Å²) in [5.41, 5.74) is 4.24. The van der Waals surface area contributed by atoms with Crippen molar-refractivity contribution in [1.82, 2.24) is 0 Å². The molecule has 4 rings (SSSR count). The molecule has 2 N–H and O–H groups in total. The first-order chi connectivity index (χ1) is 12.3. The van der Waals surface area contributed by atoms with Gasteiger partial charge in [-0.05, 0) is 42.0 Å². The Labute approximate surface area is 147 Å². The Morgan fingerprint density at radius 2 is 1.60 bits per heavy atom. The maximum Gasteiger partial charge on any atom is 0.147 e. The van der Waals surface area contributed by atoms with Crippen molar-refractivity contribution >= 4 is 17.2 Å². The van der Waals surface area contributed by atoms with E-state index >= 15 is 0 Å². The van der Waals surface area contributed by atoms with E-state index in [1.54, 1.807) is 7.11 Å². The van der Waals surface area contributed by atoms with Gasteiger partial charge in [-0.15, -0.1) is 0 Å². The lowest BCUT2D eigenvalue weighted by atomic mass is 10.1. The van der Waals surface area contributed by atoms with Crippen molar-refractivity contribution in [3.05, 3.63) is 90.0 Å². The van der Waals surface area contributed by atoms with Crippen LogP contribution in [-0.2, 0) is 0 Å². The van der Waals surface area contributed by atoms with Crippen molar-refractivity contribution in [1.29, 1.82) is 0 Å². The molecule has 0 amide bonds. The molecule has 1 atom stereocenters. The molecule has 1 aliphatic rings. The summed E-state index contributed by atoms with van der Waals surface area (Å²) >= 11 is 0. The van der Waals surface area contributed by atoms with Crippen LogP contribution in [-0.4, -0.2) is 12.9 Å². The van der Waals surface area contributed by atoms with Crippen LogP contribution in [0.5, 0.6) is 5.75 Å². The average molecular weight is 329 g/mol. The van der Waals surface area contributed by atoms with E-state index in [0.29, 0.717) is 0 Å². The largest absolute Gasteiger partial charge is 0.497 e. The second-order valence-electron chi connectivity index (χ2n) is 5.83. The highest BCUT2D eigenvalue weighted by molar-refractivity contribution is 6.12. The topological polar surface area (TPSA) is 45.6 Å². The lowest BCUT2D eigenvalue weighted by molar-refractivity contribution is 0.414. The molecule has 4 heteroatoms. The van der Waals surface area contributed by atoms with Gasteiger partial charge in [-0.2, -0.15) is 0 Å². The molecule has 0 saturated heterocycles. The van der Waals surface area contributed by atoms with Gasteiger partial charge in [0.1, 0.15) is 17.8 Å². The molecule has 0 fully saturated rings. The van der Waals surface area contributed by atoms with Crippen LogP contribution in [0.15, 0.2) is 83.9 Å². The number of benzene rings is 3. The van der Waals surface area contributed by atoms with Crippen molar-refractivity contribution in [3.8, 4) is 5.75 Å². The summed E-state index contributed by atoms with van der Waals surface area (Å²) in [7, 11) is 1.67. The number of ether oxygens (including phenoxy) is 1. The fourth-order valence-corrected chi connectivity index (χ4v) is 2.90. The molecule has 0 radical (unpaired) electrons. The molecule has 3 aromatic carbocycles. The highest BCUT2D eigenvalue weighted by atomic mass is 16.5. The molecule has 0 aromatic heterocycles. The monoisotopic (exact) mass is 329 g/mol. The summed E-state index contributed by atoms with van der Waals surface area (Å²) in [5, 5.41) is 6.94. The Bertz CT molecular complexity index is 889. The van der Waals surface area contributed by atoms with E-state index < -0.39 is 0 Å². The van der Waals surface area contributed by atoms with Crippen LogP contribution in [0, 0.1) is 0 Å². The van der Waals surface area contributed by atoms with Crippen LogP contribution in [0.3, 0.4) is 0 Å². The van der Waals surface area contributed by atoms with Gasteiger partial charge in [0.05, 0.1) is 7.11 Å². The van der Waals surface area contributed by atoms with Gasteiger partial charge in [0.2, 0.25) is 0 Å². The van der Waals surface area contributed by atoms with Crippen molar-refractivity contribution < 1.29 is 4.74 Å². The lowest BCUT2D eigenvalue weighted by Crippen LogP contribution is -2.24. The van der Waals surface area contributed by atoms with Gasteiger partial charge >= 0.3 is 0 Å². The third-order valence-electron chi connectivity index (χ3n) is 4.20. The Morgan fingerprint density at radius 1 is 0.880 bits per heavy atom. The number of anilines is 2. The van der Waals surface area contributed by atoms with Gasteiger partial charge in [-0.3, -0.25) is 0 Å². The van der Waals surface area contributed by atoms with E-state index in [1.165, 1.54) is 0 Å². The van der Waals surface area contributed by atoms with Gasteiger partial charge in [0.15, 0.2) is 0 Å². The molecule has 0 saturated carbocycles.